The molecular weight excluding hydrogens is 684 g/mol. The van der Waals surface area contributed by atoms with Gasteiger partial charge in [-0.3, -0.25) is 0 Å². The van der Waals surface area contributed by atoms with E-state index in [0.29, 0.717) is 11.1 Å². The third-order valence-electron chi connectivity index (χ3n) is 8.01. The minimum atomic E-state index is -2.54. The average Bonchev–Trinajstić information content (AvgIpc) is 3.39. The maximum atomic E-state index is 13.1. The van der Waals surface area contributed by atoms with Gasteiger partial charge in [0.1, 0.15) is 43.2 Å². The van der Waals surface area contributed by atoms with Gasteiger partial charge in [-0.2, -0.15) is 0 Å². The molecule has 9 atom stereocenters. The SMILES string of the molecule is COc1cc(/C=C/C(=O)OC2C(O)C(CO)OC2(COC(=O)/C=C/c2cc(OC)c(O)c(OC)c2)OC2OC(CO)C(O)C(O)C2O)ccc1O. The van der Waals surface area contributed by atoms with E-state index < -0.39 is 86.6 Å². The highest BCUT2D eigenvalue weighted by Gasteiger charge is 2.61. The smallest absolute Gasteiger partial charge is 0.331 e. The Morgan fingerprint density at radius 3 is 1.96 bits per heavy atom. The van der Waals surface area contributed by atoms with Crippen molar-refractivity contribution in [3.8, 4) is 28.7 Å². The van der Waals surface area contributed by atoms with E-state index >= 15 is 0 Å². The predicted molar refractivity (Wildman–Crippen MR) is 170 cm³/mol. The van der Waals surface area contributed by atoms with Crippen LogP contribution in [0.1, 0.15) is 11.1 Å². The van der Waals surface area contributed by atoms with Crippen LogP contribution in [-0.4, -0.2) is 149 Å². The lowest BCUT2D eigenvalue weighted by atomic mass is 9.99. The number of hydrogen-bond donors (Lipinski definition) is 8. The summed E-state index contributed by atoms with van der Waals surface area (Å²) in [6.07, 6.45) is -9.92. The van der Waals surface area contributed by atoms with E-state index in [4.69, 9.17) is 37.9 Å². The van der Waals surface area contributed by atoms with E-state index in [1.165, 1.54) is 63.8 Å². The number of aliphatic hydroxyl groups excluding tert-OH is 6. The minimum Gasteiger partial charge on any atom is -0.504 e. The minimum absolute atomic E-state index is 0.0425. The van der Waals surface area contributed by atoms with Crippen molar-refractivity contribution in [3.05, 3.63) is 53.6 Å². The number of rotatable bonds is 14. The topological polar surface area (TPSA) is 270 Å². The molecule has 0 spiro atoms. The first-order valence-corrected chi connectivity index (χ1v) is 15.3. The molecule has 2 fully saturated rings. The lowest BCUT2D eigenvalue weighted by molar-refractivity contribution is -0.383. The van der Waals surface area contributed by atoms with E-state index in [0.717, 1.165) is 12.2 Å². The second kappa shape index (κ2) is 17.1. The zero-order valence-electron chi connectivity index (χ0n) is 27.6. The fourth-order valence-corrected chi connectivity index (χ4v) is 5.28. The van der Waals surface area contributed by atoms with Gasteiger partial charge < -0.3 is 78.7 Å². The molecule has 2 saturated heterocycles. The van der Waals surface area contributed by atoms with E-state index in [1.54, 1.807) is 0 Å². The summed E-state index contributed by atoms with van der Waals surface area (Å²) < 4.78 is 43.2. The number of aliphatic hydroxyl groups is 6. The molecule has 2 heterocycles. The first kappa shape index (κ1) is 39.3. The molecule has 2 aliphatic heterocycles. The van der Waals surface area contributed by atoms with Crippen LogP contribution < -0.4 is 14.2 Å². The van der Waals surface area contributed by atoms with Crippen molar-refractivity contribution in [1.82, 2.24) is 0 Å². The van der Waals surface area contributed by atoms with E-state index in [9.17, 15) is 50.4 Å². The Bertz CT molecular complexity index is 1550. The van der Waals surface area contributed by atoms with Gasteiger partial charge in [0, 0.05) is 12.2 Å². The number of phenols is 2. The fraction of sp³-hybridized carbons (Fsp3) is 0.455. The van der Waals surface area contributed by atoms with Gasteiger partial charge in [-0.1, -0.05) is 6.07 Å². The van der Waals surface area contributed by atoms with Gasteiger partial charge in [-0.15, -0.1) is 0 Å². The number of aromatic hydroxyl groups is 2. The molecule has 51 heavy (non-hydrogen) atoms. The van der Waals surface area contributed by atoms with Gasteiger partial charge in [0.15, 0.2) is 35.4 Å². The quantitative estimate of drug-likeness (QED) is 0.0819. The second-order valence-electron chi connectivity index (χ2n) is 11.3. The third kappa shape index (κ3) is 8.87. The highest BCUT2D eigenvalue weighted by atomic mass is 16.8. The molecule has 0 aliphatic carbocycles. The average molecular weight is 725 g/mol. The summed E-state index contributed by atoms with van der Waals surface area (Å²) in [4.78, 5) is 26.0. The van der Waals surface area contributed by atoms with Gasteiger partial charge in [-0.25, -0.2) is 9.59 Å². The maximum absolute atomic E-state index is 13.1. The number of methoxy groups -OCH3 is 3. The zero-order chi connectivity index (χ0) is 37.5. The monoisotopic (exact) mass is 724 g/mol. The molecule has 18 nitrogen and oxygen atoms in total. The molecule has 4 rings (SSSR count). The van der Waals surface area contributed by atoms with Crippen molar-refractivity contribution in [2.24, 2.45) is 0 Å². The highest BCUT2D eigenvalue weighted by Crippen LogP contribution is 2.40. The van der Waals surface area contributed by atoms with Crippen molar-refractivity contribution in [2.45, 2.75) is 54.8 Å². The van der Waals surface area contributed by atoms with E-state index in [-0.39, 0.29) is 28.7 Å². The summed E-state index contributed by atoms with van der Waals surface area (Å²) in [5.41, 5.74) is 0.731. The molecule has 0 radical (unpaired) electrons. The number of esters is 2. The Morgan fingerprint density at radius 2 is 1.35 bits per heavy atom. The Morgan fingerprint density at radius 1 is 0.765 bits per heavy atom. The molecule has 0 saturated carbocycles. The standard InChI is InChI=1S/C33H40O18/c1-44-19-10-16(4-7-18(19)36)5-9-25(38)49-31-28(41)23(14-35)50-33(31,51-32-30(43)29(42)27(40)22(13-34)48-32)15-47-24(37)8-6-17-11-20(45-2)26(39)21(12-17)46-3/h4-12,22-23,27-32,34-36,39-43H,13-15H2,1-3H3/b8-6+,9-5+. The summed E-state index contributed by atoms with van der Waals surface area (Å²) in [6.45, 7) is -2.69. The molecule has 0 bridgehead atoms. The van der Waals surface area contributed by atoms with Crippen LogP contribution in [0.4, 0.5) is 0 Å². The van der Waals surface area contributed by atoms with Crippen molar-refractivity contribution >= 4 is 24.1 Å². The van der Waals surface area contributed by atoms with Crippen LogP contribution in [-0.2, 0) is 33.3 Å². The molecule has 0 aromatic heterocycles. The van der Waals surface area contributed by atoms with Crippen LogP contribution in [0, 0.1) is 0 Å². The summed E-state index contributed by atoms with van der Waals surface area (Å²) >= 11 is 0. The molecule has 8 N–H and O–H groups in total. The zero-order valence-corrected chi connectivity index (χ0v) is 27.6. The number of carbonyl (C=O) groups is 2. The van der Waals surface area contributed by atoms with Crippen molar-refractivity contribution in [3.63, 3.8) is 0 Å². The summed E-state index contributed by atoms with van der Waals surface area (Å²) in [5.74, 6) is -4.92. The number of ether oxygens (including phenoxy) is 8. The third-order valence-corrected chi connectivity index (χ3v) is 8.01. The van der Waals surface area contributed by atoms with Gasteiger partial charge in [-0.05, 0) is 47.5 Å². The Kier molecular flexibility index (Phi) is 13.2. The Labute approximate surface area is 290 Å². The summed E-state index contributed by atoms with van der Waals surface area (Å²) in [7, 11) is 3.95. The van der Waals surface area contributed by atoms with Crippen LogP contribution in [0.15, 0.2) is 42.5 Å². The summed E-state index contributed by atoms with van der Waals surface area (Å²) in [5, 5.41) is 82.1. The first-order valence-electron chi connectivity index (χ1n) is 15.3. The molecular formula is C33H40O18. The molecule has 2 aromatic carbocycles. The first-order chi connectivity index (χ1) is 24.3. The largest absolute Gasteiger partial charge is 0.504 e. The van der Waals surface area contributed by atoms with E-state index in [2.05, 4.69) is 0 Å². The predicted octanol–water partition coefficient (Wildman–Crippen LogP) is -1.43. The van der Waals surface area contributed by atoms with E-state index in [1.807, 2.05) is 0 Å². The normalized spacial score (nSPS) is 29.3. The lowest BCUT2D eigenvalue weighted by Crippen LogP contribution is -2.63. The van der Waals surface area contributed by atoms with Crippen LogP contribution in [0.25, 0.3) is 12.2 Å². The van der Waals surface area contributed by atoms with Crippen LogP contribution in [0.3, 0.4) is 0 Å². The number of carbonyl (C=O) groups excluding carboxylic acids is 2. The maximum Gasteiger partial charge on any atom is 0.331 e. The Balaban J connectivity index is 1.64. The van der Waals surface area contributed by atoms with Gasteiger partial charge in [0.05, 0.1) is 34.5 Å². The van der Waals surface area contributed by atoms with Gasteiger partial charge in [0.25, 0.3) is 0 Å². The van der Waals surface area contributed by atoms with Gasteiger partial charge in [0.2, 0.25) is 11.5 Å². The van der Waals surface area contributed by atoms with Gasteiger partial charge >= 0.3 is 11.9 Å². The van der Waals surface area contributed by atoms with Crippen LogP contribution >= 0.6 is 0 Å². The van der Waals surface area contributed by atoms with Crippen molar-refractivity contribution in [2.75, 3.05) is 41.2 Å². The summed E-state index contributed by atoms with van der Waals surface area (Å²) in [6, 6.07) is 6.98. The van der Waals surface area contributed by atoms with Crippen molar-refractivity contribution in [1.29, 1.82) is 0 Å². The number of benzene rings is 2. The number of hydrogen-bond acceptors (Lipinski definition) is 18. The van der Waals surface area contributed by atoms with Crippen LogP contribution in [0.5, 0.6) is 28.7 Å². The second-order valence-corrected chi connectivity index (χ2v) is 11.3. The Hall–Kier alpha value is -4.50. The molecule has 280 valence electrons. The molecule has 0 amide bonds. The highest BCUT2D eigenvalue weighted by molar-refractivity contribution is 5.88. The fourth-order valence-electron chi connectivity index (χ4n) is 5.28. The number of phenolic OH excluding ortho intramolecular Hbond substituents is 2. The molecule has 2 aliphatic rings. The molecule has 18 heteroatoms. The lowest BCUT2D eigenvalue weighted by Gasteiger charge is -2.43. The molecule has 2 aromatic rings. The molecule has 9 unspecified atom stereocenters. The van der Waals surface area contributed by atoms with Crippen molar-refractivity contribution < 1.29 is 88.3 Å². The van der Waals surface area contributed by atoms with Crippen LogP contribution in [0.2, 0.25) is 0 Å².